The second kappa shape index (κ2) is 8.57. The molecule has 1 aromatic heterocycles. The van der Waals surface area contributed by atoms with Crippen LogP contribution in [0.5, 0.6) is 11.6 Å². The fourth-order valence-electron chi connectivity index (χ4n) is 3.81. The van der Waals surface area contributed by atoms with Crippen molar-refractivity contribution >= 4 is 0 Å². The van der Waals surface area contributed by atoms with E-state index in [1.54, 1.807) is 0 Å². The molecule has 1 atom stereocenters. The van der Waals surface area contributed by atoms with E-state index >= 15 is 0 Å². The highest BCUT2D eigenvalue weighted by Crippen LogP contribution is 2.45. The monoisotopic (exact) mass is 414 g/mol. The lowest BCUT2D eigenvalue weighted by atomic mass is 9.82. The Morgan fingerprint density at radius 1 is 1.16 bits per heavy atom. The van der Waals surface area contributed by atoms with Gasteiger partial charge in [0.1, 0.15) is 17.4 Å². The van der Waals surface area contributed by atoms with Gasteiger partial charge < -0.3 is 15.2 Å². The van der Waals surface area contributed by atoms with Crippen LogP contribution < -0.4 is 15.2 Å². The minimum Gasteiger partial charge on any atom is -0.494 e. The number of nitrogens with one attached hydrogen (secondary N) is 1. The summed E-state index contributed by atoms with van der Waals surface area (Å²) in [6.45, 7) is 7.06. The number of rotatable bonds is 6. The average molecular weight is 415 g/mol. The van der Waals surface area contributed by atoms with Crippen LogP contribution in [-0.2, 0) is 0 Å². The molecule has 6 heteroatoms. The van der Waals surface area contributed by atoms with Gasteiger partial charge in [0.25, 0.3) is 0 Å². The molecular formula is C25H26N4O2. The standard InChI is InChI=1S/C25H26N4O2/c1-4-13-30-19-11-9-18(10-12-19)23-22-21(17-7-5-16(6-8-17)15(2)3)20(14-26)24(27)31-25(22)29-28-23/h5-12,15,21H,4,13,27H2,1-3H3,(H,28,29)/t21-/m0/s1. The first kappa shape index (κ1) is 20.5. The van der Waals surface area contributed by atoms with Crippen LogP contribution in [-0.4, -0.2) is 16.8 Å². The lowest BCUT2D eigenvalue weighted by molar-refractivity contribution is 0.317. The molecule has 0 bridgehead atoms. The van der Waals surface area contributed by atoms with Crippen molar-refractivity contribution in [3.8, 4) is 29.0 Å². The number of H-pyrrole nitrogens is 1. The lowest BCUT2D eigenvalue weighted by Crippen LogP contribution is -2.21. The SMILES string of the molecule is CCCOc1ccc(-c2[nH]nc3c2[C@@H](c2ccc(C(C)C)cc2)C(C#N)=C(N)O3)cc1. The molecule has 3 aromatic rings. The molecule has 0 radical (unpaired) electrons. The van der Waals surface area contributed by atoms with Crippen molar-refractivity contribution in [2.75, 3.05) is 6.61 Å². The van der Waals surface area contributed by atoms with Crippen molar-refractivity contribution in [2.24, 2.45) is 5.73 Å². The maximum Gasteiger partial charge on any atom is 0.244 e. The Kier molecular flexibility index (Phi) is 5.68. The molecular weight excluding hydrogens is 388 g/mol. The van der Waals surface area contributed by atoms with E-state index in [1.165, 1.54) is 5.56 Å². The third-order valence-corrected chi connectivity index (χ3v) is 5.49. The van der Waals surface area contributed by atoms with Crippen LogP contribution in [0.1, 0.15) is 55.7 Å². The molecule has 0 saturated heterocycles. The van der Waals surface area contributed by atoms with E-state index in [4.69, 9.17) is 15.2 Å². The molecule has 158 valence electrons. The topological polar surface area (TPSA) is 97.0 Å². The summed E-state index contributed by atoms with van der Waals surface area (Å²) in [4.78, 5) is 0. The van der Waals surface area contributed by atoms with E-state index in [0.717, 1.165) is 34.6 Å². The van der Waals surface area contributed by atoms with E-state index in [9.17, 15) is 5.26 Å². The second-order valence-electron chi connectivity index (χ2n) is 7.94. The van der Waals surface area contributed by atoms with Crippen LogP contribution in [0.2, 0.25) is 0 Å². The van der Waals surface area contributed by atoms with E-state index in [-0.39, 0.29) is 11.8 Å². The number of nitrogens with two attached hydrogens (primary N) is 1. The van der Waals surface area contributed by atoms with Crippen molar-refractivity contribution in [1.82, 2.24) is 10.2 Å². The first-order valence-electron chi connectivity index (χ1n) is 10.5. The number of hydrogen-bond acceptors (Lipinski definition) is 5. The summed E-state index contributed by atoms with van der Waals surface area (Å²) >= 11 is 0. The summed E-state index contributed by atoms with van der Waals surface area (Å²) in [6.07, 6.45) is 0.953. The predicted octanol–water partition coefficient (Wildman–Crippen LogP) is 5.21. The van der Waals surface area contributed by atoms with Crippen LogP contribution in [0.3, 0.4) is 0 Å². The van der Waals surface area contributed by atoms with Crippen molar-refractivity contribution in [2.45, 2.75) is 39.0 Å². The molecule has 0 fully saturated rings. The van der Waals surface area contributed by atoms with Crippen LogP contribution in [0, 0.1) is 11.3 Å². The van der Waals surface area contributed by atoms with Crippen molar-refractivity contribution in [1.29, 1.82) is 5.26 Å². The zero-order valence-electron chi connectivity index (χ0n) is 18.0. The Hall–Kier alpha value is -3.72. The molecule has 0 saturated carbocycles. The number of ether oxygens (including phenoxy) is 2. The first-order valence-corrected chi connectivity index (χ1v) is 10.5. The van der Waals surface area contributed by atoms with E-state index in [0.29, 0.717) is 24.0 Å². The number of aromatic amines is 1. The molecule has 1 aliphatic heterocycles. The summed E-state index contributed by atoms with van der Waals surface area (Å²) in [5, 5.41) is 17.3. The van der Waals surface area contributed by atoms with Gasteiger partial charge in [0, 0.05) is 5.56 Å². The number of nitriles is 1. The number of allylic oxidation sites excluding steroid dienone is 1. The molecule has 4 rings (SSSR count). The zero-order valence-corrected chi connectivity index (χ0v) is 18.0. The molecule has 0 unspecified atom stereocenters. The largest absolute Gasteiger partial charge is 0.494 e. The summed E-state index contributed by atoms with van der Waals surface area (Å²) in [6, 6.07) is 18.4. The number of fused-ring (bicyclic) bond motifs is 1. The van der Waals surface area contributed by atoms with Crippen LogP contribution in [0.4, 0.5) is 0 Å². The highest BCUT2D eigenvalue weighted by Gasteiger charge is 2.35. The number of hydrogen-bond donors (Lipinski definition) is 2. The summed E-state index contributed by atoms with van der Waals surface area (Å²) in [7, 11) is 0. The van der Waals surface area contributed by atoms with Gasteiger partial charge in [-0.2, -0.15) is 5.26 Å². The van der Waals surface area contributed by atoms with Gasteiger partial charge in [0.05, 0.1) is 23.8 Å². The van der Waals surface area contributed by atoms with E-state index < -0.39 is 0 Å². The normalized spacial score (nSPS) is 15.4. The number of nitrogens with zero attached hydrogens (tertiary/aromatic N) is 2. The molecule has 0 aliphatic carbocycles. The lowest BCUT2D eigenvalue weighted by Gasteiger charge is -2.24. The Morgan fingerprint density at radius 2 is 1.87 bits per heavy atom. The second-order valence-corrected chi connectivity index (χ2v) is 7.94. The maximum absolute atomic E-state index is 9.86. The van der Waals surface area contributed by atoms with E-state index in [1.807, 2.05) is 24.3 Å². The van der Waals surface area contributed by atoms with Crippen LogP contribution in [0.15, 0.2) is 60.0 Å². The van der Waals surface area contributed by atoms with Gasteiger partial charge in [0.2, 0.25) is 11.8 Å². The van der Waals surface area contributed by atoms with Crippen molar-refractivity contribution < 1.29 is 9.47 Å². The predicted molar refractivity (Wildman–Crippen MR) is 120 cm³/mol. The quantitative estimate of drug-likeness (QED) is 0.577. The Labute approximate surface area is 182 Å². The van der Waals surface area contributed by atoms with Gasteiger partial charge in [-0.05, 0) is 47.7 Å². The zero-order chi connectivity index (χ0) is 22.0. The summed E-state index contributed by atoms with van der Waals surface area (Å²) < 4.78 is 11.4. The molecule has 31 heavy (non-hydrogen) atoms. The highest BCUT2D eigenvalue weighted by atomic mass is 16.5. The minimum absolute atomic E-state index is 0.0919. The highest BCUT2D eigenvalue weighted by molar-refractivity contribution is 5.71. The van der Waals surface area contributed by atoms with Gasteiger partial charge >= 0.3 is 0 Å². The third-order valence-electron chi connectivity index (χ3n) is 5.49. The Morgan fingerprint density at radius 3 is 2.48 bits per heavy atom. The van der Waals surface area contributed by atoms with Gasteiger partial charge in [-0.25, -0.2) is 0 Å². The van der Waals surface area contributed by atoms with Gasteiger partial charge in [-0.3, -0.25) is 5.10 Å². The first-order chi connectivity index (χ1) is 15.0. The molecule has 2 heterocycles. The Bertz CT molecular complexity index is 1140. The third kappa shape index (κ3) is 3.87. The van der Waals surface area contributed by atoms with Gasteiger partial charge in [-0.15, -0.1) is 5.10 Å². The fraction of sp³-hybridized carbons (Fsp3) is 0.280. The van der Waals surface area contributed by atoms with Gasteiger partial charge in [0.15, 0.2) is 0 Å². The fourth-order valence-corrected chi connectivity index (χ4v) is 3.81. The molecule has 3 N–H and O–H groups in total. The maximum atomic E-state index is 9.86. The molecule has 1 aliphatic rings. The minimum atomic E-state index is -0.361. The Balaban J connectivity index is 1.79. The van der Waals surface area contributed by atoms with Gasteiger partial charge in [-0.1, -0.05) is 45.0 Å². The van der Waals surface area contributed by atoms with Crippen LogP contribution >= 0.6 is 0 Å². The summed E-state index contributed by atoms with van der Waals surface area (Å²) in [5.74, 6) is 1.37. The average Bonchev–Trinajstić information content (AvgIpc) is 3.20. The molecule has 2 aromatic carbocycles. The number of aromatic nitrogens is 2. The molecule has 0 amide bonds. The smallest absolute Gasteiger partial charge is 0.244 e. The number of benzene rings is 2. The molecule has 0 spiro atoms. The summed E-state index contributed by atoms with van der Waals surface area (Å²) in [5.41, 5.74) is 11.2. The van der Waals surface area contributed by atoms with Crippen LogP contribution in [0.25, 0.3) is 11.3 Å². The van der Waals surface area contributed by atoms with Crippen molar-refractivity contribution in [3.63, 3.8) is 0 Å². The molecule has 6 nitrogen and oxygen atoms in total. The van der Waals surface area contributed by atoms with E-state index in [2.05, 4.69) is 61.3 Å². The van der Waals surface area contributed by atoms with Crippen molar-refractivity contribution in [3.05, 3.63) is 76.7 Å².